The van der Waals surface area contributed by atoms with Crippen LogP contribution in [0.1, 0.15) is 5.56 Å². The van der Waals surface area contributed by atoms with E-state index < -0.39 is 0 Å². The minimum atomic E-state index is -0.271. The molecule has 6 nitrogen and oxygen atoms in total. The Labute approximate surface area is 88.8 Å². The summed E-state index contributed by atoms with van der Waals surface area (Å²) in [5.41, 5.74) is 0.874. The SMILES string of the molecule is N#Cc1cnn2c1[nH]c(=O)c1cccnc12. The summed E-state index contributed by atoms with van der Waals surface area (Å²) in [6.45, 7) is 0. The predicted molar refractivity (Wildman–Crippen MR) is 55.8 cm³/mol. The lowest BCUT2D eigenvalue weighted by atomic mass is 10.3. The molecule has 76 valence electrons. The molecule has 3 rings (SSSR count). The van der Waals surface area contributed by atoms with Crippen LogP contribution in [-0.4, -0.2) is 19.6 Å². The van der Waals surface area contributed by atoms with Gasteiger partial charge < -0.3 is 4.98 Å². The van der Waals surface area contributed by atoms with Gasteiger partial charge in [-0.1, -0.05) is 0 Å². The summed E-state index contributed by atoms with van der Waals surface area (Å²) in [5.74, 6) is 0. The standard InChI is InChI=1S/C10H5N5O/c11-4-6-5-13-15-8(6)14-10(16)7-2-1-3-12-9(7)15/h1-3,5H,(H,14,16). The van der Waals surface area contributed by atoms with Gasteiger partial charge in [-0.25, -0.2) is 4.98 Å². The van der Waals surface area contributed by atoms with Crippen LogP contribution >= 0.6 is 0 Å². The zero-order valence-corrected chi connectivity index (χ0v) is 8.01. The normalized spacial score (nSPS) is 10.7. The van der Waals surface area contributed by atoms with E-state index in [1.54, 1.807) is 18.3 Å². The van der Waals surface area contributed by atoms with Gasteiger partial charge in [0.2, 0.25) is 0 Å². The third-order valence-corrected chi connectivity index (χ3v) is 2.35. The first-order chi connectivity index (χ1) is 7.81. The monoisotopic (exact) mass is 211 g/mol. The lowest BCUT2D eigenvalue weighted by Gasteiger charge is -1.98. The Bertz CT molecular complexity index is 792. The fraction of sp³-hybridized carbons (Fsp3) is 0. The first-order valence-electron chi connectivity index (χ1n) is 4.56. The van der Waals surface area contributed by atoms with E-state index >= 15 is 0 Å². The lowest BCUT2D eigenvalue weighted by molar-refractivity contribution is 0.957. The maximum absolute atomic E-state index is 11.7. The summed E-state index contributed by atoms with van der Waals surface area (Å²) in [6, 6.07) is 5.30. The number of H-pyrrole nitrogens is 1. The molecule has 0 radical (unpaired) electrons. The predicted octanol–water partition coefficient (Wildman–Crippen LogP) is 0.442. The smallest absolute Gasteiger partial charge is 0.260 e. The third kappa shape index (κ3) is 0.966. The number of nitriles is 1. The van der Waals surface area contributed by atoms with E-state index in [0.29, 0.717) is 22.2 Å². The lowest BCUT2D eigenvalue weighted by Crippen LogP contribution is -2.11. The second kappa shape index (κ2) is 2.90. The Hall–Kier alpha value is -2.68. The number of hydrogen-bond acceptors (Lipinski definition) is 4. The quantitative estimate of drug-likeness (QED) is 0.584. The summed E-state index contributed by atoms with van der Waals surface area (Å²) >= 11 is 0. The number of rotatable bonds is 0. The summed E-state index contributed by atoms with van der Waals surface area (Å²) in [5, 5.41) is 13.3. The molecule has 6 heteroatoms. The van der Waals surface area contributed by atoms with E-state index in [9.17, 15) is 4.79 Å². The van der Waals surface area contributed by atoms with E-state index in [1.807, 2.05) is 6.07 Å². The van der Waals surface area contributed by atoms with Crippen LogP contribution in [0.25, 0.3) is 16.7 Å². The molecule has 0 bridgehead atoms. The molecular formula is C10H5N5O. The molecule has 3 aromatic heterocycles. The largest absolute Gasteiger partial charge is 0.305 e. The minimum absolute atomic E-state index is 0.271. The van der Waals surface area contributed by atoms with Crippen LogP contribution in [0, 0.1) is 11.3 Å². The van der Waals surface area contributed by atoms with Crippen LogP contribution < -0.4 is 5.56 Å². The number of fused-ring (bicyclic) bond motifs is 3. The van der Waals surface area contributed by atoms with Crippen LogP contribution in [0.5, 0.6) is 0 Å². The van der Waals surface area contributed by atoms with E-state index in [0.717, 1.165) is 0 Å². The zero-order valence-electron chi connectivity index (χ0n) is 8.01. The highest BCUT2D eigenvalue weighted by molar-refractivity contribution is 5.77. The van der Waals surface area contributed by atoms with E-state index in [2.05, 4.69) is 15.1 Å². The molecule has 3 aromatic rings. The van der Waals surface area contributed by atoms with Crippen LogP contribution in [-0.2, 0) is 0 Å². The summed E-state index contributed by atoms with van der Waals surface area (Å²) in [4.78, 5) is 18.4. The Morgan fingerprint density at radius 1 is 1.50 bits per heavy atom. The van der Waals surface area contributed by atoms with Crippen molar-refractivity contribution in [2.45, 2.75) is 0 Å². The van der Waals surface area contributed by atoms with Gasteiger partial charge in [-0.15, -0.1) is 0 Å². The average Bonchev–Trinajstić information content (AvgIpc) is 2.72. The van der Waals surface area contributed by atoms with E-state index in [4.69, 9.17) is 5.26 Å². The molecule has 0 saturated carbocycles. The van der Waals surface area contributed by atoms with Crippen LogP contribution in [0.3, 0.4) is 0 Å². The molecule has 3 heterocycles. The molecule has 1 N–H and O–H groups in total. The van der Waals surface area contributed by atoms with Gasteiger partial charge in [0.05, 0.1) is 11.6 Å². The molecule has 0 aliphatic carbocycles. The molecule has 0 aromatic carbocycles. The Balaban J connectivity index is 2.67. The van der Waals surface area contributed by atoms with Crippen molar-refractivity contribution in [1.29, 1.82) is 5.26 Å². The van der Waals surface area contributed by atoms with Crippen LogP contribution in [0.15, 0.2) is 29.3 Å². The molecule has 0 saturated heterocycles. The molecule has 0 aliphatic rings. The molecule has 16 heavy (non-hydrogen) atoms. The summed E-state index contributed by atoms with van der Waals surface area (Å²) < 4.78 is 1.45. The van der Waals surface area contributed by atoms with Gasteiger partial charge in [-0.3, -0.25) is 4.79 Å². The highest BCUT2D eigenvalue weighted by Crippen LogP contribution is 2.10. The van der Waals surface area contributed by atoms with Crippen molar-refractivity contribution in [2.75, 3.05) is 0 Å². The summed E-state index contributed by atoms with van der Waals surface area (Å²) in [7, 11) is 0. The Morgan fingerprint density at radius 2 is 2.38 bits per heavy atom. The van der Waals surface area contributed by atoms with E-state index in [1.165, 1.54) is 10.7 Å². The number of nitrogens with one attached hydrogen (secondary N) is 1. The van der Waals surface area contributed by atoms with Crippen LogP contribution in [0.4, 0.5) is 0 Å². The number of pyridine rings is 1. The highest BCUT2D eigenvalue weighted by atomic mass is 16.1. The van der Waals surface area contributed by atoms with Crippen molar-refractivity contribution in [3.05, 3.63) is 40.4 Å². The maximum Gasteiger partial charge on any atom is 0.260 e. The van der Waals surface area contributed by atoms with Crippen molar-refractivity contribution in [3.8, 4) is 6.07 Å². The van der Waals surface area contributed by atoms with Gasteiger partial charge in [0, 0.05) is 6.20 Å². The molecule has 0 atom stereocenters. The molecule has 0 fully saturated rings. The zero-order chi connectivity index (χ0) is 11.1. The van der Waals surface area contributed by atoms with Gasteiger partial charge in [0.15, 0.2) is 11.3 Å². The van der Waals surface area contributed by atoms with Crippen molar-refractivity contribution in [1.82, 2.24) is 19.6 Å². The van der Waals surface area contributed by atoms with Crippen molar-refractivity contribution in [2.24, 2.45) is 0 Å². The summed E-state index contributed by atoms with van der Waals surface area (Å²) in [6.07, 6.45) is 2.98. The third-order valence-electron chi connectivity index (χ3n) is 2.35. The van der Waals surface area contributed by atoms with Gasteiger partial charge in [-0.2, -0.15) is 14.9 Å². The number of hydrogen-bond donors (Lipinski definition) is 1. The topological polar surface area (TPSA) is 86.8 Å². The number of aromatic amines is 1. The first-order valence-corrected chi connectivity index (χ1v) is 4.56. The van der Waals surface area contributed by atoms with Crippen molar-refractivity contribution < 1.29 is 0 Å². The Morgan fingerprint density at radius 3 is 3.19 bits per heavy atom. The molecule has 0 unspecified atom stereocenters. The van der Waals surface area contributed by atoms with Gasteiger partial charge in [0.25, 0.3) is 5.56 Å². The second-order valence-electron chi connectivity index (χ2n) is 3.26. The maximum atomic E-state index is 11.7. The molecular weight excluding hydrogens is 206 g/mol. The first kappa shape index (κ1) is 8.61. The van der Waals surface area contributed by atoms with Crippen LogP contribution in [0.2, 0.25) is 0 Å². The van der Waals surface area contributed by atoms with E-state index in [-0.39, 0.29) is 5.56 Å². The minimum Gasteiger partial charge on any atom is -0.305 e. The average molecular weight is 211 g/mol. The fourth-order valence-electron chi connectivity index (χ4n) is 1.63. The second-order valence-corrected chi connectivity index (χ2v) is 3.26. The van der Waals surface area contributed by atoms with Crippen molar-refractivity contribution in [3.63, 3.8) is 0 Å². The number of nitrogens with zero attached hydrogens (tertiary/aromatic N) is 4. The van der Waals surface area contributed by atoms with Gasteiger partial charge in [-0.05, 0) is 12.1 Å². The Kier molecular flexibility index (Phi) is 1.56. The molecule has 0 aliphatic heterocycles. The number of aromatic nitrogens is 4. The van der Waals surface area contributed by atoms with Gasteiger partial charge in [0.1, 0.15) is 11.6 Å². The fourth-order valence-corrected chi connectivity index (χ4v) is 1.63. The van der Waals surface area contributed by atoms with Crippen molar-refractivity contribution >= 4 is 16.7 Å². The van der Waals surface area contributed by atoms with Gasteiger partial charge >= 0.3 is 0 Å². The highest BCUT2D eigenvalue weighted by Gasteiger charge is 2.09. The molecule has 0 amide bonds. The molecule has 0 spiro atoms.